The number of rotatable bonds is 6. The maximum atomic E-state index is 12.6. The lowest BCUT2D eigenvalue weighted by atomic mass is 10.2. The van der Waals surface area contributed by atoms with Gasteiger partial charge < -0.3 is 9.64 Å². The Morgan fingerprint density at radius 3 is 2.59 bits per heavy atom. The normalized spacial score (nSPS) is 14.7. The molecule has 3 aromatic rings. The number of carbonyl (C=O) groups excluding carboxylic acids is 1. The van der Waals surface area contributed by atoms with E-state index in [1.54, 1.807) is 45.9 Å². The number of hydrogen-bond donors (Lipinski definition) is 1. The highest BCUT2D eigenvalue weighted by Crippen LogP contribution is 2.27. The van der Waals surface area contributed by atoms with Gasteiger partial charge in [-0.2, -0.15) is 0 Å². The summed E-state index contributed by atoms with van der Waals surface area (Å²) in [7, 11) is -3.75. The smallest absolute Gasteiger partial charge is 0.263 e. The molecule has 0 unspecified atom stereocenters. The summed E-state index contributed by atoms with van der Waals surface area (Å²) in [5.74, 6) is -0.0304. The monoisotopic (exact) mass is 449 g/mol. The fourth-order valence-electron chi connectivity index (χ4n) is 2.93. The first kappa shape index (κ1) is 20.0. The molecule has 0 radical (unpaired) electrons. The van der Waals surface area contributed by atoms with Gasteiger partial charge in [-0.1, -0.05) is 18.2 Å². The second kappa shape index (κ2) is 8.62. The van der Waals surface area contributed by atoms with Gasteiger partial charge in [-0.25, -0.2) is 13.4 Å². The number of thiophene rings is 1. The van der Waals surface area contributed by atoms with E-state index in [0.29, 0.717) is 32.0 Å². The standard InChI is InChI=1S/C19H19N3O4S3/c23-18(22-7-9-26-10-8-22)12-15-13-28-19(20-15)21-29(24,25)16-5-3-14(4-6-16)17-2-1-11-27-17/h1-6,11,13H,7-10,12H2,(H,20,21). The van der Waals surface area contributed by atoms with Gasteiger partial charge in [0.2, 0.25) is 5.91 Å². The van der Waals surface area contributed by atoms with E-state index in [4.69, 9.17) is 4.74 Å². The highest BCUT2D eigenvalue weighted by atomic mass is 32.2. The van der Waals surface area contributed by atoms with Crippen molar-refractivity contribution in [3.63, 3.8) is 0 Å². The van der Waals surface area contributed by atoms with Crippen molar-refractivity contribution in [3.05, 3.63) is 52.9 Å². The molecule has 10 heteroatoms. The second-order valence-electron chi connectivity index (χ2n) is 6.42. The minimum Gasteiger partial charge on any atom is -0.378 e. The van der Waals surface area contributed by atoms with Crippen LogP contribution in [0.2, 0.25) is 0 Å². The number of thiazole rings is 1. The van der Waals surface area contributed by atoms with E-state index in [-0.39, 0.29) is 22.4 Å². The molecule has 152 valence electrons. The summed E-state index contributed by atoms with van der Waals surface area (Å²) in [6, 6.07) is 10.7. The van der Waals surface area contributed by atoms with Crippen molar-refractivity contribution < 1.29 is 17.9 Å². The van der Waals surface area contributed by atoms with Crippen molar-refractivity contribution in [2.45, 2.75) is 11.3 Å². The lowest BCUT2D eigenvalue weighted by Gasteiger charge is -2.26. The van der Waals surface area contributed by atoms with Gasteiger partial charge in [-0.3, -0.25) is 9.52 Å². The van der Waals surface area contributed by atoms with E-state index in [1.165, 1.54) is 11.3 Å². The zero-order chi connectivity index (χ0) is 20.3. The van der Waals surface area contributed by atoms with Crippen LogP contribution in [0.4, 0.5) is 5.13 Å². The predicted octanol–water partition coefficient (Wildman–Crippen LogP) is 3.07. The molecule has 0 spiro atoms. The number of hydrogen-bond acceptors (Lipinski definition) is 7. The van der Waals surface area contributed by atoms with E-state index in [9.17, 15) is 13.2 Å². The van der Waals surface area contributed by atoms with Crippen LogP contribution in [0.25, 0.3) is 10.4 Å². The molecule has 1 saturated heterocycles. The molecule has 29 heavy (non-hydrogen) atoms. The molecule has 1 fully saturated rings. The summed E-state index contributed by atoms with van der Waals surface area (Å²) in [6.07, 6.45) is 0.147. The first-order valence-corrected chi connectivity index (χ1v) is 12.2. The number of amides is 1. The first-order chi connectivity index (χ1) is 14.0. The van der Waals surface area contributed by atoms with Crippen LogP contribution >= 0.6 is 22.7 Å². The third kappa shape index (κ3) is 4.84. The number of benzene rings is 1. The minimum atomic E-state index is -3.75. The van der Waals surface area contributed by atoms with Crippen molar-refractivity contribution in [1.82, 2.24) is 9.88 Å². The third-order valence-corrected chi connectivity index (χ3v) is 7.65. The Balaban J connectivity index is 1.41. The number of nitrogens with zero attached hydrogens (tertiary/aromatic N) is 2. The van der Waals surface area contributed by atoms with Gasteiger partial charge in [0.05, 0.1) is 30.2 Å². The lowest BCUT2D eigenvalue weighted by molar-refractivity contribution is -0.134. The van der Waals surface area contributed by atoms with Crippen LogP contribution in [0.15, 0.2) is 52.1 Å². The second-order valence-corrected chi connectivity index (χ2v) is 9.91. The summed E-state index contributed by atoms with van der Waals surface area (Å²) in [4.78, 5) is 19.6. The van der Waals surface area contributed by atoms with Crippen LogP contribution < -0.4 is 4.72 Å². The fraction of sp³-hybridized carbons (Fsp3) is 0.263. The Morgan fingerprint density at radius 1 is 1.14 bits per heavy atom. The maximum Gasteiger partial charge on any atom is 0.263 e. The van der Waals surface area contributed by atoms with Crippen molar-refractivity contribution in [3.8, 4) is 10.4 Å². The van der Waals surface area contributed by atoms with E-state index in [0.717, 1.165) is 10.4 Å². The molecule has 2 aromatic heterocycles. The summed E-state index contributed by atoms with van der Waals surface area (Å²) in [6.45, 7) is 2.23. The summed E-state index contributed by atoms with van der Waals surface area (Å²) < 4.78 is 33.0. The molecule has 0 atom stereocenters. The highest BCUT2D eigenvalue weighted by molar-refractivity contribution is 7.93. The van der Waals surface area contributed by atoms with Crippen molar-refractivity contribution in [1.29, 1.82) is 0 Å². The number of ether oxygens (including phenoxy) is 1. The van der Waals surface area contributed by atoms with Gasteiger partial charge >= 0.3 is 0 Å². The summed E-state index contributed by atoms with van der Waals surface area (Å²) in [5.41, 5.74) is 1.52. The van der Waals surface area contributed by atoms with E-state index < -0.39 is 10.0 Å². The molecule has 1 aliphatic rings. The van der Waals surface area contributed by atoms with Gasteiger partial charge in [0.1, 0.15) is 0 Å². The zero-order valence-corrected chi connectivity index (χ0v) is 17.9. The van der Waals surface area contributed by atoms with Crippen molar-refractivity contribution in [2.75, 3.05) is 31.0 Å². The van der Waals surface area contributed by atoms with Crippen LogP contribution in [0.1, 0.15) is 5.69 Å². The topological polar surface area (TPSA) is 88.6 Å². The molecule has 7 nitrogen and oxygen atoms in total. The van der Waals surface area contributed by atoms with Crippen LogP contribution in [-0.2, 0) is 26.0 Å². The Bertz CT molecular complexity index is 1070. The van der Waals surface area contributed by atoms with Crippen LogP contribution in [-0.4, -0.2) is 50.5 Å². The Labute approximate surface area is 177 Å². The van der Waals surface area contributed by atoms with Gasteiger partial charge in [0, 0.05) is 23.3 Å². The summed E-state index contributed by atoms with van der Waals surface area (Å²) in [5, 5.41) is 3.93. The molecule has 1 aromatic carbocycles. The number of carbonyl (C=O) groups is 1. The maximum absolute atomic E-state index is 12.6. The number of aromatic nitrogens is 1. The first-order valence-electron chi connectivity index (χ1n) is 8.98. The average Bonchev–Trinajstić information content (AvgIpc) is 3.41. The quantitative estimate of drug-likeness (QED) is 0.625. The Kier molecular flexibility index (Phi) is 5.95. The van der Waals surface area contributed by atoms with Gasteiger partial charge in [0.15, 0.2) is 5.13 Å². The van der Waals surface area contributed by atoms with Crippen LogP contribution in [0, 0.1) is 0 Å². The van der Waals surface area contributed by atoms with Gasteiger partial charge in [-0.05, 0) is 29.1 Å². The SMILES string of the molecule is O=C(Cc1csc(NS(=O)(=O)c2ccc(-c3cccs3)cc2)n1)N1CCOCC1. The molecule has 1 N–H and O–H groups in total. The van der Waals surface area contributed by atoms with Gasteiger partial charge in [-0.15, -0.1) is 22.7 Å². The molecule has 0 saturated carbocycles. The molecular weight excluding hydrogens is 430 g/mol. The number of nitrogens with one attached hydrogen (secondary N) is 1. The molecule has 4 rings (SSSR count). The van der Waals surface area contributed by atoms with E-state index in [1.807, 2.05) is 17.5 Å². The Morgan fingerprint density at radius 2 is 1.90 bits per heavy atom. The number of sulfonamides is 1. The van der Waals surface area contributed by atoms with Crippen molar-refractivity contribution in [2.24, 2.45) is 0 Å². The lowest BCUT2D eigenvalue weighted by Crippen LogP contribution is -2.41. The van der Waals surface area contributed by atoms with E-state index >= 15 is 0 Å². The van der Waals surface area contributed by atoms with Gasteiger partial charge in [0.25, 0.3) is 10.0 Å². The number of morpholine rings is 1. The van der Waals surface area contributed by atoms with E-state index in [2.05, 4.69) is 9.71 Å². The van der Waals surface area contributed by atoms with Crippen LogP contribution in [0.3, 0.4) is 0 Å². The van der Waals surface area contributed by atoms with Crippen LogP contribution in [0.5, 0.6) is 0 Å². The minimum absolute atomic E-state index is 0.0304. The fourth-order valence-corrected chi connectivity index (χ4v) is 5.63. The molecule has 0 aliphatic carbocycles. The molecular formula is C19H19N3O4S3. The highest BCUT2D eigenvalue weighted by Gasteiger charge is 2.20. The summed E-state index contributed by atoms with van der Waals surface area (Å²) >= 11 is 2.76. The molecule has 0 bridgehead atoms. The molecule has 1 amide bonds. The Hall–Kier alpha value is -2.27. The zero-order valence-electron chi connectivity index (χ0n) is 15.4. The average molecular weight is 450 g/mol. The van der Waals surface area contributed by atoms with Crippen molar-refractivity contribution >= 4 is 43.7 Å². The number of anilines is 1. The predicted molar refractivity (Wildman–Crippen MR) is 114 cm³/mol. The molecule has 3 heterocycles. The largest absolute Gasteiger partial charge is 0.378 e. The third-order valence-electron chi connectivity index (χ3n) is 4.44. The molecule has 1 aliphatic heterocycles.